The molecule has 21 heavy (non-hydrogen) atoms. The molecule has 112 valence electrons. The molecule has 0 bridgehead atoms. The third-order valence-corrected chi connectivity index (χ3v) is 3.43. The molecule has 1 unspecified atom stereocenters. The van der Waals surface area contributed by atoms with Gasteiger partial charge in [0, 0.05) is 19.0 Å². The lowest BCUT2D eigenvalue weighted by Crippen LogP contribution is -2.35. The van der Waals surface area contributed by atoms with E-state index in [0.717, 1.165) is 16.3 Å². The fourth-order valence-electron chi connectivity index (χ4n) is 2.41. The van der Waals surface area contributed by atoms with E-state index in [-0.39, 0.29) is 12.6 Å². The van der Waals surface area contributed by atoms with E-state index in [9.17, 15) is 9.90 Å². The number of aliphatic hydroxyl groups excluding tert-OH is 1. The summed E-state index contributed by atoms with van der Waals surface area (Å²) in [6.45, 7) is 2.20. The fourth-order valence-corrected chi connectivity index (χ4v) is 2.41. The highest BCUT2D eigenvalue weighted by molar-refractivity contribution is 5.86. The van der Waals surface area contributed by atoms with Crippen molar-refractivity contribution in [1.29, 1.82) is 0 Å². The van der Waals surface area contributed by atoms with Crippen LogP contribution < -0.4 is 10.6 Å². The Morgan fingerprint density at radius 1 is 1.19 bits per heavy atom. The smallest absolute Gasteiger partial charge is 0.404 e. The first kappa shape index (κ1) is 15.3. The van der Waals surface area contributed by atoms with Crippen molar-refractivity contribution < 1.29 is 15.0 Å². The number of hydrogen-bond acceptors (Lipinski definition) is 3. The summed E-state index contributed by atoms with van der Waals surface area (Å²) in [4.78, 5) is 10.4. The van der Waals surface area contributed by atoms with Crippen LogP contribution >= 0.6 is 0 Å². The van der Waals surface area contributed by atoms with Gasteiger partial charge in [0.1, 0.15) is 6.23 Å². The number of hydrogen-bond donors (Lipinski definition) is 4. The van der Waals surface area contributed by atoms with Gasteiger partial charge in [-0.05, 0) is 23.3 Å². The standard InChI is InChI=1S/C16H20N2O3/c1-11(18-15(19)9-10-17-16(20)21)13-8-4-6-12-5-2-3-7-14(12)13/h2-8,11,15,17-19H,9-10H2,1H3,(H,20,21)/t11-,15?/m1/s1. The topological polar surface area (TPSA) is 81.6 Å². The third-order valence-electron chi connectivity index (χ3n) is 3.43. The van der Waals surface area contributed by atoms with Gasteiger partial charge < -0.3 is 15.5 Å². The highest BCUT2D eigenvalue weighted by atomic mass is 16.4. The molecule has 0 aliphatic heterocycles. The first-order valence-electron chi connectivity index (χ1n) is 6.96. The number of carboxylic acid groups (broad SMARTS) is 1. The van der Waals surface area contributed by atoms with Gasteiger partial charge in [0.15, 0.2) is 0 Å². The molecule has 0 aliphatic carbocycles. The van der Waals surface area contributed by atoms with Crippen molar-refractivity contribution in [3.8, 4) is 0 Å². The minimum Gasteiger partial charge on any atom is -0.465 e. The molecule has 0 heterocycles. The molecule has 0 saturated heterocycles. The van der Waals surface area contributed by atoms with Crippen molar-refractivity contribution in [2.24, 2.45) is 0 Å². The SMILES string of the molecule is C[C@@H](NC(O)CCNC(=O)O)c1cccc2ccccc12. The summed E-state index contributed by atoms with van der Waals surface area (Å²) in [5.74, 6) is 0. The van der Waals surface area contributed by atoms with Crippen LogP contribution in [0.5, 0.6) is 0 Å². The van der Waals surface area contributed by atoms with E-state index >= 15 is 0 Å². The van der Waals surface area contributed by atoms with Gasteiger partial charge in [-0.1, -0.05) is 42.5 Å². The van der Waals surface area contributed by atoms with Crippen molar-refractivity contribution in [1.82, 2.24) is 10.6 Å². The number of fused-ring (bicyclic) bond motifs is 1. The van der Waals surface area contributed by atoms with E-state index in [4.69, 9.17) is 5.11 Å². The van der Waals surface area contributed by atoms with Crippen molar-refractivity contribution in [2.45, 2.75) is 25.6 Å². The zero-order valence-electron chi connectivity index (χ0n) is 11.9. The Kier molecular flexibility index (Phi) is 5.14. The van der Waals surface area contributed by atoms with Crippen molar-refractivity contribution >= 4 is 16.9 Å². The zero-order chi connectivity index (χ0) is 15.2. The van der Waals surface area contributed by atoms with Crippen LogP contribution in [-0.4, -0.2) is 29.1 Å². The van der Waals surface area contributed by atoms with Crippen LogP contribution in [0.15, 0.2) is 42.5 Å². The predicted octanol–water partition coefficient (Wildman–Crippen LogP) is 2.47. The van der Waals surface area contributed by atoms with Crippen LogP contribution in [0, 0.1) is 0 Å². The van der Waals surface area contributed by atoms with Crippen molar-refractivity contribution in [2.75, 3.05) is 6.54 Å². The summed E-state index contributed by atoms with van der Waals surface area (Å²) in [6.07, 6.45) is -1.52. The summed E-state index contributed by atoms with van der Waals surface area (Å²) in [6, 6.07) is 14.1. The molecule has 4 N–H and O–H groups in total. The summed E-state index contributed by atoms with van der Waals surface area (Å²) in [5, 5.41) is 26.0. The molecule has 2 aromatic carbocycles. The first-order chi connectivity index (χ1) is 10.1. The summed E-state index contributed by atoms with van der Waals surface area (Å²) >= 11 is 0. The number of carbonyl (C=O) groups is 1. The van der Waals surface area contributed by atoms with Crippen LogP contribution in [0.1, 0.15) is 24.9 Å². The number of nitrogens with one attached hydrogen (secondary N) is 2. The van der Waals surface area contributed by atoms with Gasteiger partial charge in [0.2, 0.25) is 0 Å². The van der Waals surface area contributed by atoms with Gasteiger partial charge in [-0.15, -0.1) is 0 Å². The maximum atomic E-state index is 10.4. The number of amides is 1. The van der Waals surface area contributed by atoms with Crippen molar-refractivity contribution in [3.63, 3.8) is 0 Å². The average Bonchev–Trinajstić information content (AvgIpc) is 2.46. The number of aliphatic hydroxyl groups is 1. The minimum absolute atomic E-state index is 0.0315. The van der Waals surface area contributed by atoms with Crippen LogP contribution in [0.3, 0.4) is 0 Å². The Hall–Kier alpha value is -2.11. The number of rotatable bonds is 6. The molecule has 5 nitrogen and oxygen atoms in total. The summed E-state index contributed by atoms with van der Waals surface area (Å²) in [5.41, 5.74) is 1.11. The summed E-state index contributed by atoms with van der Waals surface area (Å²) < 4.78 is 0. The van der Waals surface area contributed by atoms with E-state index in [0.29, 0.717) is 6.42 Å². The monoisotopic (exact) mass is 288 g/mol. The van der Waals surface area contributed by atoms with Gasteiger partial charge in [0.05, 0.1) is 0 Å². The molecule has 2 atom stereocenters. The molecule has 0 saturated carbocycles. The molecule has 2 aromatic rings. The van der Waals surface area contributed by atoms with E-state index in [1.807, 2.05) is 31.2 Å². The second-order valence-corrected chi connectivity index (χ2v) is 4.99. The van der Waals surface area contributed by atoms with Crippen LogP contribution in [-0.2, 0) is 0 Å². The molecule has 5 heteroatoms. The highest BCUT2D eigenvalue weighted by Gasteiger charge is 2.13. The Labute approximate surface area is 123 Å². The fraction of sp³-hybridized carbons (Fsp3) is 0.312. The Balaban J connectivity index is 2.01. The Bertz CT molecular complexity index is 610. The van der Waals surface area contributed by atoms with Crippen LogP contribution in [0.25, 0.3) is 10.8 Å². The molecule has 0 fully saturated rings. The maximum Gasteiger partial charge on any atom is 0.404 e. The zero-order valence-corrected chi connectivity index (χ0v) is 11.9. The molecule has 0 aromatic heterocycles. The van der Waals surface area contributed by atoms with Crippen molar-refractivity contribution in [3.05, 3.63) is 48.0 Å². The van der Waals surface area contributed by atoms with Gasteiger partial charge in [0.25, 0.3) is 0 Å². The maximum absolute atomic E-state index is 10.4. The lowest BCUT2D eigenvalue weighted by molar-refractivity contribution is 0.115. The molecule has 0 radical (unpaired) electrons. The molecular formula is C16H20N2O3. The van der Waals surface area contributed by atoms with Gasteiger partial charge in [-0.3, -0.25) is 5.32 Å². The molecule has 2 rings (SSSR count). The highest BCUT2D eigenvalue weighted by Crippen LogP contribution is 2.24. The Morgan fingerprint density at radius 2 is 1.90 bits per heavy atom. The van der Waals surface area contributed by atoms with Crippen LogP contribution in [0.4, 0.5) is 4.79 Å². The Morgan fingerprint density at radius 3 is 2.67 bits per heavy atom. The van der Waals surface area contributed by atoms with E-state index in [1.165, 1.54) is 0 Å². The first-order valence-corrected chi connectivity index (χ1v) is 6.96. The normalized spacial score (nSPS) is 13.8. The minimum atomic E-state index is -1.08. The predicted molar refractivity (Wildman–Crippen MR) is 82.2 cm³/mol. The van der Waals surface area contributed by atoms with E-state index in [1.54, 1.807) is 0 Å². The quantitative estimate of drug-likeness (QED) is 0.615. The third kappa shape index (κ3) is 4.18. The molecule has 0 aliphatic rings. The summed E-state index contributed by atoms with van der Waals surface area (Å²) in [7, 11) is 0. The molecule has 1 amide bonds. The second-order valence-electron chi connectivity index (χ2n) is 4.99. The lowest BCUT2D eigenvalue weighted by Gasteiger charge is -2.20. The molecule has 0 spiro atoms. The van der Waals surface area contributed by atoms with E-state index < -0.39 is 12.3 Å². The lowest BCUT2D eigenvalue weighted by atomic mass is 9.99. The van der Waals surface area contributed by atoms with E-state index in [2.05, 4.69) is 28.8 Å². The number of benzene rings is 2. The van der Waals surface area contributed by atoms with Gasteiger partial charge in [-0.2, -0.15) is 0 Å². The van der Waals surface area contributed by atoms with Gasteiger partial charge in [-0.25, -0.2) is 4.79 Å². The second kappa shape index (κ2) is 7.06. The average molecular weight is 288 g/mol. The largest absolute Gasteiger partial charge is 0.465 e. The molecular weight excluding hydrogens is 268 g/mol. The van der Waals surface area contributed by atoms with Gasteiger partial charge >= 0.3 is 6.09 Å². The van der Waals surface area contributed by atoms with Crippen LogP contribution in [0.2, 0.25) is 0 Å².